The summed E-state index contributed by atoms with van der Waals surface area (Å²) in [4.78, 5) is 22.7. The van der Waals surface area contributed by atoms with Crippen molar-refractivity contribution in [3.05, 3.63) is 0 Å². The van der Waals surface area contributed by atoms with E-state index in [1.807, 2.05) is 13.8 Å². The van der Waals surface area contributed by atoms with Gasteiger partial charge in [-0.05, 0) is 32.6 Å². The lowest BCUT2D eigenvalue weighted by molar-refractivity contribution is -0.139. The number of nitrogens with one attached hydrogen (secondary N) is 2. The van der Waals surface area contributed by atoms with Crippen molar-refractivity contribution in [3.63, 3.8) is 0 Å². The molecule has 0 saturated carbocycles. The van der Waals surface area contributed by atoms with Crippen molar-refractivity contribution in [1.82, 2.24) is 10.6 Å². The van der Waals surface area contributed by atoms with Gasteiger partial charge in [0.25, 0.3) is 0 Å². The van der Waals surface area contributed by atoms with Crippen LogP contribution in [-0.4, -0.2) is 37.6 Å². The van der Waals surface area contributed by atoms with Crippen LogP contribution in [0.3, 0.4) is 0 Å². The summed E-state index contributed by atoms with van der Waals surface area (Å²) >= 11 is 0. The molecule has 0 bridgehead atoms. The third-order valence-corrected chi connectivity index (χ3v) is 2.27. The molecule has 0 fully saturated rings. The molecule has 0 rings (SSSR count). The van der Waals surface area contributed by atoms with Gasteiger partial charge in [-0.2, -0.15) is 0 Å². The summed E-state index contributed by atoms with van der Waals surface area (Å²) in [6.07, 6.45) is 1.78. The van der Waals surface area contributed by atoms with Crippen LogP contribution in [0.4, 0.5) is 0 Å². The van der Waals surface area contributed by atoms with E-state index in [1.54, 1.807) is 0 Å². The zero-order valence-electron chi connectivity index (χ0n) is 11.9. The van der Waals surface area contributed by atoms with Crippen molar-refractivity contribution in [2.24, 2.45) is 5.92 Å². The summed E-state index contributed by atoms with van der Waals surface area (Å²) in [5, 5.41) is 5.15. The first-order valence-electron chi connectivity index (χ1n) is 6.61. The van der Waals surface area contributed by atoms with Crippen LogP contribution in [-0.2, 0) is 14.3 Å². The Balaban J connectivity index is 3.53. The Kier molecular flexibility index (Phi) is 9.28. The fourth-order valence-corrected chi connectivity index (χ4v) is 1.23. The monoisotopic (exact) mass is 258 g/mol. The second-order valence-electron chi connectivity index (χ2n) is 4.97. The average molecular weight is 258 g/mol. The van der Waals surface area contributed by atoms with Gasteiger partial charge < -0.3 is 15.4 Å². The maximum Gasteiger partial charge on any atom is 0.309 e. The lowest BCUT2D eigenvalue weighted by Crippen LogP contribution is -2.41. The smallest absolute Gasteiger partial charge is 0.309 e. The average Bonchev–Trinajstić information content (AvgIpc) is 2.27. The van der Waals surface area contributed by atoms with Gasteiger partial charge in [-0.15, -0.1) is 0 Å². The lowest BCUT2D eigenvalue weighted by Gasteiger charge is -2.09. The summed E-state index contributed by atoms with van der Waals surface area (Å²) < 4.78 is 5.32. The molecule has 2 N–H and O–H groups in total. The Bertz CT molecular complexity index is 253. The van der Waals surface area contributed by atoms with Gasteiger partial charge in [-0.1, -0.05) is 13.8 Å². The van der Waals surface area contributed by atoms with Crippen LogP contribution in [0.25, 0.3) is 0 Å². The molecule has 5 heteroatoms. The van der Waals surface area contributed by atoms with Crippen LogP contribution in [0.1, 0.15) is 40.5 Å². The fraction of sp³-hybridized carbons (Fsp3) is 0.846. The highest BCUT2D eigenvalue weighted by molar-refractivity contribution is 6.35. The molecule has 0 aromatic heterocycles. The molecule has 2 amide bonds. The Morgan fingerprint density at radius 3 is 2.06 bits per heavy atom. The van der Waals surface area contributed by atoms with Crippen LogP contribution in [0.2, 0.25) is 0 Å². The molecule has 5 nitrogen and oxygen atoms in total. The minimum atomic E-state index is -0.566. The number of carbonyl (C=O) groups excluding carboxylic acids is 2. The van der Waals surface area contributed by atoms with Gasteiger partial charge in [0, 0.05) is 19.7 Å². The molecule has 106 valence electrons. The van der Waals surface area contributed by atoms with Crippen molar-refractivity contribution in [2.45, 2.75) is 46.6 Å². The van der Waals surface area contributed by atoms with Gasteiger partial charge in [-0.3, -0.25) is 9.59 Å². The molecule has 0 aliphatic heterocycles. The lowest BCUT2D eigenvalue weighted by atomic mass is 10.1. The first kappa shape index (κ1) is 16.9. The quantitative estimate of drug-likeness (QED) is 0.506. The van der Waals surface area contributed by atoms with Gasteiger partial charge in [0.1, 0.15) is 0 Å². The Morgan fingerprint density at radius 2 is 1.56 bits per heavy atom. The van der Waals surface area contributed by atoms with E-state index in [4.69, 9.17) is 4.74 Å². The SMILES string of the molecule is CC(C)CCNC(=O)C(=O)NCCCOC(C)C. The van der Waals surface area contributed by atoms with E-state index in [1.165, 1.54) is 0 Å². The zero-order valence-corrected chi connectivity index (χ0v) is 11.9. The van der Waals surface area contributed by atoms with Crippen molar-refractivity contribution in [1.29, 1.82) is 0 Å². The van der Waals surface area contributed by atoms with E-state index in [-0.39, 0.29) is 6.10 Å². The highest BCUT2D eigenvalue weighted by Gasteiger charge is 2.11. The van der Waals surface area contributed by atoms with Crippen LogP contribution < -0.4 is 10.6 Å². The number of carbonyl (C=O) groups is 2. The summed E-state index contributed by atoms with van der Waals surface area (Å²) in [7, 11) is 0. The molecule has 0 atom stereocenters. The highest BCUT2D eigenvalue weighted by Crippen LogP contribution is 1.96. The predicted octanol–water partition coefficient (Wildman–Crippen LogP) is 1.08. The molecule has 0 aliphatic rings. The van der Waals surface area contributed by atoms with Crippen LogP contribution in [0.5, 0.6) is 0 Å². The molecule has 18 heavy (non-hydrogen) atoms. The first-order valence-corrected chi connectivity index (χ1v) is 6.61. The van der Waals surface area contributed by atoms with Gasteiger partial charge in [0.15, 0.2) is 0 Å². The summed E-state index contributed by atoms with van der Waals surface area (Å²) in [5.74, 6) is -0.606. The Morgan fingerprint density at radius 1 is 1.00 bits per heavy atom. The summed E-state index contributed by atoms with van der Waals surface area (Å²) in [6, 6.07) is 0. The maximum absolute atomic E-state index is 11.4. The fourth-order valence-electron chi connectivity index (χ4n) is 1.23. The van der Waals surface area contributed by atoms with Crippen molar-refractivity contribution < 1.29 is 14.3 Å². The van der Waals surface area contributed by atoms with Gasteiger partial charge in [0.05, 0.1) is 6.10 Å². The molecule has 0 aromatic rings. The van der Waals surface area contributed by atoms with Crippen molar-refractivity contribution >= 4 is 11.8 Å². The Labute approximate surface area is 110 Å². The predicted molar refractivity (Wildman–Crippen MR) is 71.2 cm³/mol. The third-order valence-electron chi connectivity index (χ3n) is 2.27. The highest BCUT2D eigenvalue weighted by atomic mass is 16.5. The summed E-state index contributed by atoms with van der Waals surface area (Å²) in [6.45, 7) is 9.65. The molecule has 0 radical (unpaired) electrons. The van der Waals surface area contributed by atoms with E-state index in [9.17, 15) is 9.59 Å². The number of rotatable bonds is 8. The van der Waals surface area contributed by atoms with E-state index in [0.29, 0.717) is 32.0 Å². The second-order valence-corrected chi connectivity index (χ2v) is 4.97. The molecular weight excluding hydrogens is 232 g/mol. The largest absolute Gasteiger partial charge is 0.379 e. The second kappa shape index (κ2) is 9.88. The molecule has 0 aliphatic carbocycles. The van der Waals surface area contributed by atoms with Gasteiger partial charge >= 0.3 is 11.8 Å². The molecule has 0 aromatic carbocycles. The molecule has 0 saturated heterocycles. The van der Waals surface area contributed by atoms with E-state index in [0.717, 1.165) is 6.42 Å². The maximum atomic E-state index is 11.4. The Hall–Kier alpha value is -1.10. The van der Waals surface area contributed by atoms with Crippen LogP contribution in [0, 0.1) is 5.92 Å². The van der Waals surface area contributed by atoms with Crippen LogP contribution >= 0.6 is 0 Å². The standard InChI is InChI=1S/C13H26N2O3/c1-10(2)6-8-15-13(17)12(16)14-7-5-9-18-11(3)4/h10-11H,5-9H2,1-4H3,(H,14,16)(H,15,17). The number of ether oxygens (including phenoxy) is 1. The van der Waals surface area contributed by atoms with Crippen molar-refractivity contribution in [2.75, 3.05) is 19.7 Å². The molecular formula is C13H26N2O3. The summed E-state index contributed by atoms with van der Waals surface area (Å²) in [5.41, 5.74) is 0. The van der Waals surface area contributed by atoms with Crippen LogP contribution in [0.15, 0.2) is 0 Å². The van der Waals surface area contributed by atoms with Gasteiger partial charge in [-0.25, -0.2) is 0 Å². The van der Waals surface area contributed by atoms with E-state index >= 15 is 0 Å². The number of amides is 2. The van der Waals surface area contributed by atoms with E-state index < -0.39 is 11.8 Å². The topological polar surface area (TPSA) is 67.4 Å². The molecule has 0 spiro atoms. The third kappa shape index (κ3) is 10.1. The minimum absolute atomic E-state index is 0.194. The van der Waals surface area contributed by atoms with Crippen molar-refractivity contribution in [3.8, 4) is 0 Å². The normalized spacial score (nSPS) is 10.8. The molecule has 0 heterocycles. The number of hydrogen-bond acceptors (Lipinski definition) is 3. The zero-order chi connectivity index (χ0) is 14.0. The molecule has 0 unspecified atom stereocenters. The first-order chi connectivity index (χ1) is 8.43. The van der Waals surface area contributed by atoms with E-state index in [2.05, 4.69) is 24.5 Å². The van der Waals surface area contributed by atoms with Gasteiger partial charge in [0.2, 0.25) is 0 Å². The minimum Gasteiger partial charge on any atom is -0.379 e. The number of hydrogen-bond donors (Lipinski definition) is 2.